The van der Waals surface area contributed by atoms with Crippen LogP contribution in [0.3, 0.4) is 0 Å². The first kappa shape index (κ1) is 17.7. The van der Waals surface area contributed by atoms with E-state index in [1.807, 2.05) is 6.92 Å². The summed E-state index contributed by atoms with van der Waals surface area (Å²) in [5.74, 6) is -3.69. The van der Waals surface area contributed by atoms with Crippen molar-refractivity contribution in [1.29, 1.82) is 0 Å². The summed E-state index contributed by atoms with van der Waals surface area (Å²) in [4.78, 5) is 0. The summed E-state index contributed by atoms with van der Waals surface area (Å²) in [6, 6.07) is -0.504. The van der Waals surface area contributed by atoms with Crippen molar-refractivity contribution in [2.75, 3.05) is 27.4 Å². The SMILES string of the molecule is CCn1ncc(OC)c1C(COCC(F)(F)C(F)F)NC. The van der Waals surface area contributed by atoms with E-state index >= 15 is 0 Å². The fraction of sp³-hybridized carbons (Fsp3) is 0.750. The highest BCUT2D eigenvalue weighted by molar-refractivity contribution is 5.28. The third kappa shape index (κ3) is 4.31. The molecule has 0 aromatic carbocycles. The van der Waals surface area contributed by atoms with Crippen molar-refractivity contribution in [3.8, 4) is 5.75 Å². The molecule has 0 aliphatic heterocycles. The van der Waals surface area contributed by atoms with Crippen molar-refractivity contribution in [3.63, 3.8) is 0 Å². The van der Waals surface area contributed by atoms with Crippen LogP contribution in [-0.4, -0.2) is 49.5 Å². The van der Waals surface area contributed by atoms with Gasteiger partial charge in [0.1, 0.15) is 6.61 Å². The van der Waals surface area contributed by atoms with Gasteiger partial charge in [-0.05, 0) is 14.0 Å². The molecule has 122 valence electrons. The van der Waals surface area contributed by atoms with Gasteiger partial charge in [0.15, 0.2) is 5.75 Å². The highest BCUT2D eigenvalue weighted by Crippen LogP contribution is 2.27. The lowest BCUT2D eigenvalue weighted by atomic mass is 10.2. The number of likely N-dealkylation sites (N-methyl/N-ethyl adjacent to an activating group) is 1. The van der Waals surface area contributed by atoms with Gasteiger partial charge in [-0.2, -0.15) is 13.9 Å². The number of methoxy groups -OCH3 is 1. The summed E-state index contributed by atoms with van der Waals surface area (Å²) in [5, 5.41) is 6.96. The number of aryl methyl sites for hydroxylation is 1. The number of aromatic nitrogens is 2. The van der Waals surface area contributed by atoms with E-state index in [9.17, 15) is 17.6 Å². The number of hydrogen-bond donors (Lipinski definition) is 1. The van der Waals surface area contributed by atoms with E-state index in [0.29, 0.717) is 18.0 Å². The fourth-order valence-electron chi connectivity index (χ4n) is 1.81. The monoisotopic (exact) mass is 313 g/mol. The number of halogens is 4. The summed E-state index contributed by atoms with van der Waals surface area (Å²) in [6.45, 7) is 0.852. The molecule has 1 atom stereocenters. The lowest BCUT2D eigenvalue weighted by Gasteiger charge is -2.21. The van der Waals surface area contributed by atoms with E-state index in [2.05, 4.69) is 10.4 Å². The number of alkyl halides is 4. The van der Waals surface area contributed by atoms with Gasteiger partial charge in [-0.25, -0.2) is 8.78 Å². The minimum absolute atomic E-state index is 0.207. The molecule has 1 unspecified atom stereocenters. The largest absolute Gasteiger partial charge is 0.493 e. The molecular formula is C12H19F4N3O2. The van der Waals surface area contributed by atoms with Crippen LogP contribution in [0.4, 0.5) is 17.6 Å². The van der Waals surface area contributed by atoms with Crippen molar-refractivity contribution >= 4 is 0 Å². The lowest BCUT2D eigenvalue weighted by molar-refractivity contribution is -0.167. The lowest BCUT2D eigenvalue weighted by Crippen LogP contribution is -2.34. The first-order valence-corrected chi connectivity index (χ1v) is 6.38. The van der Waals surface area contributed by atoms with Crippen molar-refractivity contribution in [2.45, 2.75) is 31.9 Å². The van der Waals surface area contributed by atoms with Gasteiger partial charge in [0.05, 0.1) is 31.6 Å². The van der Waals surface area contributed by atoms with Crippen LogP contribution in [0.15, 0.2) is 6.20 Å². The molecule has 9 heteroatoms. The molecule has 5 nitrogen and oxygen atoms in total. The van der Waals surface area contributed by atoms with E-state index in [0.717, 1.165) is 0 Å². The molecule has 0 radical (unpaired) electrons. The van der Waals surface area contributed by atoms with Gasteiger partial charge in [-0.1, -0.05) is 0 Å². The molecule has 1 heterocycles. The molecule has 1 rings (SSSR count). The predicted molar refractivity (Wildman–Crippen MR) is 68.0 cm³/mol. The fourth-order valence-corrected chi connectivity index (χ4v) is 1.81. The molecule has 0 bridgehead atoms. The molecule has 0 saturated carbocycles. The van der Waals surface area contributed by atoms with Crippen molar-refractivity contribution in [2.24, 2.45) is 0 Å². The molecule has 0 saturated heterocycles. The van der Waals surface area contributed by atoms with Gasteiger partial charge in [0.2, 0.25) is 0 Å². The Labute approximate surface area is 120 Å². The molecule has 0 aliphatic rings. The van der Waals surface area contributed by atoms with Gasteiger partial charge < -0.3 is 14.8 Å². The van der Waals surface area contributed by atoms with Crippen molar-refractivity contribution in [1.82, 2.24) is 15.1 Å². The Hall–Kier alpha value is -1.35. The summed E-state index contributed by atoms with van der Waals surface area (Å²) < 4.78 is 61.2. The summed E-state index contributed by atoms with van der Waals surface area (Å²) in [5.41, 5.74) is 0.614. The number of nitrogens with zero attached hydrogens (tertiary/aromatic N) is 2. The Morgan fingerprint density at radius 2 is 2.10 bits per heavy atom. The van der Waals surface area contributed by atoms with Crippen LogP contribution < -0.4 is 10.1 Å². The van der Waals surface area contributed by atoms with Crippen molar-refractivity contribution in [3.05, 3.63) is 11.9 Å². The summed E-state index contributed by atoms with van der Waals surface area (Å²) in [6.07, 6.45) is -2.25. The average molecular weight is 313 g/mol. The summed E-state index contributed by atoms with van der Waals surface area (Å²) in [7, 11) is 3.06. The van der Waals surface area contributed by atoms with Gasteiger partial charge >= 0.3 is 12.3 Å². The van der Waals surface area contributed by atoms with E-state index in [1.54, 1.807) is 11.7 Å². The van der Waals surface area contributed by atoms with Crippen LogP contribution in [-0.2, 0) is 11.3 Å². The molecule has 0 spiro atoms. The maximum absolute atomic E-state index is 12.8. The van der Waals surface area contributed by atoms with Crippen molar-refractivity contribution < 1.29 is 27.0 Å². The zero-order valence-electron chi connectivity index (χ0n) is 12.1. The third-order valence-electron chi connectivity index (χ3n) is 2.94. The summed E-state index contributed by atoms with van der Waals surface area (Å²) >= 11 is 0. The molecule has 0 aliphatic carbocycles. The van der Waals surface area contributed by atoms with Gasteiger partial charge in [-0.3, -0.25) is 4.68 Å². The Morgan fingerprint density at radius 1 is 1.43 bits per heavy atom. The first-order valence-electron chi connectivity index (χ1n) is 6.38. The minimum atomic E-state index is -4.16. The maximum atomic E-state index is 12.8. The smallest absolute Gasteiger partial charge is 0.330 e. The van der Waals surface area contributed by atoms with E-state index in [-0.39, 0.29) is 6.61 Å². The molecule has 0 amide bonds. The van der Waals surface area contributed by atoms with Crippen LogP contribution in [0, 0.1) is 0 Å². The molecule has 0 fully saturated rings. The normalized spacial score (nSPS) is 13.7. The molecular weight excluding hydrogens is 294 g/mol. The Balaban J connectivity index is 2.74. The molecule has 1 N–H and O–H groups in total. The second kappa shape index (κ2) is 7.60. The van der Waals surface area contributed by atoms with Crippen LogP contribution in [0.1, 0.15) is 18.7 Å². The topological polar surface area (TPSA) is 48.3 Å². The van der Waals surface area contributed by atoms with Crippen LogP contribution in [0.5, 0.6) is 5.75 Å². The van der Waals surface area contributed by atoms with E-state index < -0.39 is 25.0 Å². The quantitative estimate of drug-likeness (QED) is 0.709. The third-order valence-corrected chi connectivity index (χ3v) is 2.94. The zero-order valence-corrected chi connectivity index (χ0v) is 12.1. The Bertz CT molecular complexity index is 419. The molecule has 21 heavy (non-hydrogen) atoms. The number of ether oxygens (including phenoxy) is 2. The predicted octanol–water partition coefficient (Wildman–Crippen LogP) is 2.09. The standard InChI is InChI=1S/C12H19F4N3O2/c1-4-19-10(9(20-3)5-18-19)8(17-2)6-21-7-12(15,16)11(13)14/h5,8,11,17H,4,6-7H2,1-3H3. The number of hydrogen-bond acceptors (Lipinski definition) is 4. The van der Waals surface area contributed by atoms with Crippen LogP contribution in [0.25, 0.3) is 0 Å². The molecule has 1 aromatic heterocycles. The average Bonchev–Trinajstić information content (AvgIpc) is 2.86. The van der Waals surface area contributed by atoms with Crippen LogP contribution >= 0.6 is 0 Å². The minimum Gasteiger partial charge on any atom is -0.493 e. The first-order chi connectivity index (χ1) is 9.87. The van der Waals surface area contributed by atoms with Gasteiger partial charge in [0, 0.05) is 6.54 Å². The zero-order chi connectivity index (χ0) is 16.0. The second-order valence-electron chi connectivity index (χ2n) is 4.33. The van der Waals surface area contributed by atoms with Gasteiger partial charge in [-0.15, -0.1) is 0 Å². The van der Waals surface area contributed by atoms with Crippen LogP contribution in [0.2, 0.25) is 0 Å². The number of rotatable bonds is 9. The highest BCUT2D eigenvalue weighted by atomic mass is 19.3. The number of nitrogens with one attached hydrogen (secondary N) is 1. The van der Waals surface area contributed by atoms with E-state index in [1.165, 1.54) is 13.3 Å². The highest BCUT2D eigenvalue weighted by Gasteiger charge is 2.41. The Morgan fingerprint density at radius 3 is 2.57 bits per heavy atom. The second-order valence-corrected chi connectivity index (χ2v) is 4.33. The maximum Gasteiger partial charge on any atom is 0.330 e. The molecule has 1 aromatic rings. The van der Waals surface area contributed by atoms with Gasteiger partial charge in [0.25, 0.3) is 0 Å². The Kier molecular flexibility index (Phi) is 6.41. The van der Waals surface area contributed by atoms with E-state index in [4.69, 9.17) is 9.47 Å².